The number of hydrogen-bond donors (Lipinski definition) is 2. The van der Waals surface area contributed by atoms with Gasteiger partial charge >= 0.3 is 5.97 Å². The van der Waals surface area contributed by atoms with Gasteiger partial charge in [0.1, 0.15) is 17.4 Å². The van der Waals surface area contributed by atoms with E-state index in [2.05, 4.69) is 0 Å². The predicted molar refractivity (Wildman–Crippen MR) is 66.3 cm³/mol. The maximum Gasteiger partial charge on any atom is 0.306 e. The fourth-order valence-electron chi connectivity index (χ4n) is 2.85. The fraction of sp³-hybridized carbons (Fsp3) is 0.500. The largest absolute Gasteiger partial charge is 0.497 e. The maximum atomic E-state index is 13.9. The van der Waals surface area contributed by atoms with Crippen LogP contribution in [0.3, 0.4) is 0 Å². The van der Waals surface area contributed by atoms with Gasteiger partial charge in [-0.05, 0) is 12.8 Å². The standard InChI is InChI=1S/C14H16F2O4/c1-20-7-5-10(15)12(11(16)6-7)13(17)8-3-2-4-9(8)14(18)19/h5-6,8-9,13,17H,2-4H2,1H3,(H,18,19). The molecule has 6 heteroatoms. The molecule has 1 aromatic rings. The molecule has 0 bridgehead atoms. The molecule has 20 heavy (non-hydrogen) atoms. The van der Waals surface area contributed by atoms with Gasteiger partial charge in [-0.2, -0.15) is 0 Å². The van der Waals surface area contributed by atoms with E-state index in [4.69, 9.17) is 9.84 Å². The highest BCUT2D eigenvalue weighted by molar-refractivity contribution is 5.70. The SMILES string of the molecule is COc1cc(F)c(C(O)C2CCCC2C(=O)O)c(F)c1. The number of carbonyl (C=O) groups is 1. The van der Waals surface area contributed by atoms with Crippen LogP contribution in [0.2, 0.25) is 0 Å². The Morgan fingerprint density at radius 2 is 1.95 bits per heavy atom. The Morgan fingerprint density at radius 3 is 2.45 bits per heavy atom. The molecule has 1 fully saturated rings. The molecule has 3 unspecified atom stereocenters. The minimum Gasteiger partial charge on any atom is -0.497 e. The molecule has 0 heterocycles. The Hall–Kier alpha value is -1.69. The van der Waals surface area contributed by atoms with Crippen molar-refractivity contribution in [2.45, 2.75) is 25.4 Å². The van der Waals surface area contributed by atoms with Gasteiger partial charge in [-0.15, -0.1) is 0 Å². The van der Waals surface area contributed by atoms with Crippen molar-refractivity contribution < 1.29 is 28.5 Å². The van der Waals surface area contributed by atoms with Crippen LogP contribution < -0.4 is 4.74 Å². The summed E-state index contributed by atoms with van der Waals surface area (Å²) < 4.78 is 32.5. The van der Waals surface area contributed by atoms with E-state index in [9.17, 15) is 18.7 Å². The van der Waals surface area contributed by atoms with Gasteiger partial charge in [-0.25, -0.2) is 8.78 Å². The molecule has 0 spiro atoms. The first kappa shape index (κ1) is 14.7. The molecule has 0 radical (unpaired) electrons. The molecule has 0 aromatic heterocycles. The third kappa shape index (κ3) is 2.60. The van der Waals surface area contributed by atoms with Crippen LogP contribution in [0.4, 0.5) is 8.78 Å². The quantitative estimate of drug-likeness (QED) is 0.892. The lowest BCUT2D eigenvalue weighted by molar-refractivity contribution is -0.144. The first-order valence-corrected chi connectivity index (χ1v) is 6.39. The van der Waals surface area contributed by atoms with E-state index in [1.807, 2.05) is 0 Å². The fourth-order valence-corrected chi connectivity index (χ4v) is 2.85. The molecular weight excluding hydrogens is 270 g/mol. The van der Waals surface area contributed by atoms with E-state index < -0.39 is 41.1 Å². The molecule has 2 rings (SSSR count). The molecule has 1 aliphatic carbocycles. The number of carboxylic acid groups (broad SMARTS) is 1. The smallest absolute Gasteiger partial charge is 0.306 e. The zero-order chi connectivity index (χ0) is 14.9. The molecular formula is C14H16F2O4. The summed E-state index contributed by atoms with van der Waals surface area (Å²) in [7, 11) is 1.28. The number of aliphatic carboxylic acids is 1. The van der Waals surface area contributed by atoms with Crippen LogP contribution in [0.1, 0.15) is 30.9 Å². The van der Waals surface area contributed by atoms with E-state index in [1.54, 1.807) is 0 Å². The van der Waals surface area contributed by atoms with Crippen LogP contribution >= 0.6 is 0 Å². The molecule has 0 aliphatic heterocycles. The second kappa shape index (κ2) is 5.75. The predicted octanol–water partition coefficient (Wildman–Crippen LogP) is 2.51. The molecule has 110 valence electrons. The summed E-state index contributed by atoms with van der Waals surface area (Å²) in [5, 5.41) is 19.3. The number of rotatable bonds is 4. The summed E-state index contributed by atoms with van der Waals surface area (Å²) in [6.45, 7) is 0. The van der Waals surface area contributed by atoms with Crippen LogP contribution in [0, 0.1) is 23.5 Å². The van der Waals surface area contributed by atoms with Crippen molar-refractivity contribution in [3.05, 3.63) is 29.3 Å². The van der Waals surface area contributed by atoms with Crippen LogP contribution in [0.5, 0.6) is 5.75 Å². The van der Waals surface area contributed by atoms with Crippen LogP contribution in [-0.4, -0.2) is 23.3 Å². The summed E-state index contributed by atoms with van der Waals surface area (Å²) in [6.07, 6.45) is 0.00177. The number of carboxylic acids is 1. The summed E-state index contributed by atoms with van der Waals surface area (Å²) >= 11 is 0. The van der Waals surface area contributed by atoms with Crippen molar-refractivity contribution in [1.29, 1.82) is 0 Å². The molecule has 1 saturated carbocycles. The summed E-state index contributed by atoms with van der Waals surface area (Å²) in [6, 6.07) is 1.96. The number of methoxy groups -OCH3 is 1. The summed E-state index contributed by atoms with van der Waals surface area (Å²) in [5.74, 6) is -4.33. The van der Waals surface area contributed by atoms with Crippen molar-refractivity contribution in [3.8, 4) is 5.75 Å². The molecule has 3 atom stereocenters. The van der Waals surface area contributed by atoms with E-state index in [-0.39, 0.29) is 5.75 Å². The van der Waals surface area contributed by atoms with Gasteiger partial charge in [0.2, 0.25) is 0 Å². The van der Waals surface area contributed by atoms with E-state index >= 15 is 0 Å². The topological polar surface area (TPSA) is 66.8 Å². The normalized spacial score (nSPS) is 23.6. The lowest BCUT2D eigenvalue weighted by atomic mass is 9.86. The number of aliphatic hydroxyl groups is 1. The lowest BCUT2D eigenvalue weighted by Crippen LogP contribution is -2.25. The minimum atomic E-state index is -1.47. The lowest BCUT2D eigenvalue weighted by Gasteiger charge is -2.23. The highest BCUT2D eigenvalue weighted by Crippen LogP contribution is 2.42. The number of aliphatic hydroxyl groups excluding tert-OH is 1. The molecule has 1 aromatic carbocycles. The number of halogens is 2. The third-order valence-corrected chi connectivity index (χ3v) is 3.88. The highest BCUT2D eigenvalue weighted by atomic mass is 19.1. The first-order chi connectivity index (χ1) is 9.45. The van der Waals surface area contributed by atoms with Gasteiger partial charge in [0.25, 0.3) is 0 Å². The number of benzene rings is 1. The van der Waals surface area contributed by atoms with Crippen LogP contribution in [-0.2, 0) is 4.79 Å². The zero-order valence-electron chi connectivity index (χ0n) is 11.0. The van der Waals surface area contributed by atoms with Crippen molar-refractivity contribution >= 4 is 5.97 Å². The van der Waals surface area contributed by atoms with E-state index in [1.165, 1.54) is 7.11 Å². The molecule has 0 saturated heterocycles. The van der Waals surface area contributed by atoms with E-state index in [0.717, 1.165) is 12.1 Å². The van der Waals surface area contributed by atoms with Crippen LogP contribution in [0.15, 0.2) is 12.1 Å². The van der Waals surface area contributed by atoms with Gasteiger partial charge in [0, 0.05) is 18.1 Å². The molecule has 1 aliphatic rings. The zero-order valence-corrected chi connectivity index (χ0v) is 11.0. The molecule has 2 N–H and O–H groups in total. The number of hydrogen-bond acceptors (Lipinski definition) is 3. The molecule has 0 amide bonds. The maximum absolute atomic E-state index is 13.9. The Labute approximate surface area is 115 Å². The monoisotopic (exact) mass is 286 g/mol. The van der Waals surface area contributed by atoms with Crippen molar-refractivity contribution in [2.75, 3.05) is 7.11 Å². The van der Waals surface area contributed by atoms with Crippen molar-refractivity contribution in [3.63, 3.8) is 0 Å². The number of ether oxygens (including phenoxy) is 1. The second-order valence-corrected chi connectivity index (χ2v) is 4.99. The Balaban J connectivity index is 2.33. The van der Waals surface area contributed by atoms with Crippen molar-refractivity contribution in [1.82, 2.24) is 0 Å². The summed E-state index contributed by atoms with van der Waals surface area (Å²) in [5.41, 5.74) is -0.482. The van der Waals surface area contributed by atoms with Gasteiger partial charge in [-0.1, -0.05) is 6.42 Å². The van der Waals surface area contributed by atoms with Crippen LogP contribution in [0.25, 0.3) is 0 Å². The van der Waals surface area contributed by atoms with Gasteiger partial charge in [0.05, 0.1) is 24.7 Å². The third-order valence-electron chi connectivity index (χ3n) is 3.88. The Kier molecular flexibility index (Phi) is 4.23. The van der Waals surface area contributed by atoms with Gasteiger partial charge in [0.15, 0.2) is 0 Å². The molecule has 4 nitrogen and oxygen atoms in total. The Bertz CT molecular complexity index is 495. The highest BCUT2D eigenvalue weighted by Gasteiger charge is 2.40. The van der Waals surface area contributed by atoms with Gasteiger partial charge < -0.3 is 14.9 Å². The second-order valence-electron chi connectivity index (χ2n) is 4.99. The first-order valence-electron chi connectivity index (χ1n) is 6.39. The van der Waals surface area contributed by atoms with Gasteiger partial charge in [-0.3, -0.25) is 4.79 Å². The average Bonchev–Trinajstić information content (AvgIpc) is 2.86. The minimum absolute atomic E-state index is 0.0113. The summed E-state index contributed by atoms with van der Waals surface area (Å²) in [4.78, 5) is 11.1. The average molecular weight is 286 g/mol. The van der Waals surface area contributed by atoms with E-state index in [0.29, 0.717) is 19.3 Å². The Morgan fingerprint density at radius 1 is 1.35 bits per heavy atom. The van der Waals surface area contributed by atoms with Crippen molar-refractivity contribution in [2.24, 2.45) is 11.8 Å².